The van der Waals surface area contributed by atoms with Gasteiger partial charge in [0.05, 0.1) is 4.47 Å². The van der Waals surface area contributed by atoms with Gasteiger partial charge in [0.1, 0.15) is 5.82 Å². The zero-order valence-corrected chi connectivity index (χ0v) is 19.1. The van der Waals surface area contributed by atoms with Gasteiger partial charge in [0.2, 0.25) is 0 Å². The molecule has 0 aliphatic heterocycles. The fourth-order valence-electron chi connectivity index (χ4n) is 2.39. The highest BCUT2D eigenvalue weighted by atomic mass is 127. The van der Waals surface area contributed by atoms with E-state index in [0.29, 0.717) is 29.1 Å². The van der Waals surface area contributed by atoms with Crippen molar-refractivity contribution < 1.29 is 9.18 Å². The van der Waals surface area contributed by atoms with E-state index in [2.05, 4.69) is 36.9 Å². The maximum absolute atomic E-state index is 13.5. The van der Waals surface area contributed by atoms with E-state index in [1.165, 1.54) is 6.07 Å². The lowest BCUT2D eigenvalue weighted by atomic mass is 10.1. The fourth-order valence-corrected chi connectivity index (χ4v) is 2.64. The van der Waals surface area contributed by atoms with E-state index in [4.69, 9.17) is 0 Å². The van der Waals surface area contributed by atoms with E-state index in [-0.39, 0.29) is 35.7 Å². The number of guanidine groups is 1. The Hall–Kier alpha value is -1.68. The minimum absolute atomic E-state index is 0. The smallest absolute Gasteiger partial charge is 0.251 e. The average molecular weight is 549 g/mol. The van der Waals surface area contributed by atoms with Crippen molar-refractivity contribution in [3.63, 3.8) is 0 Å². The van der Waals surface area contributed by atoms with Crippen LogP contribution in [0.2, 0.25) is 0 Å². The third kappa shape index (κ3) is 7.45. The zero-order chi connectivity index (χ0) is 18.9. The second kappa shape index (κ2) is 11.9. The number of carbonyl (C=O) groups is 1. The maximum atomic E-state index is 13.5. The van der Waals surface area contributed by atoms with Crippen molar-refractivity contribution in [3.05, 3.63) is 69.4 Å². The third-order valence-electron chi connectivity index (χ3n) is 3.79. The molecule has 0 aromatic heterocycles. The van der Waals surface area contributed by atoms with E-state index >= 15 is 0 Å². The number of amides is 1. The number of rotatable bonds is 6. The zero-order valence-electron chi connectivity index (χ0n) is 15.2. The lowest BCUT2D eigenvalue weighted by Crippen LogP contribution is -2.37. The van der Waals surface area contributed by atoms with Crippen LogP contribution in [0.4, 0.5) is 4.39 Å². The van der Waals surface area contributed by atoms with E-state index in [1.54, 1.807) is 26.2 Å². The molecular formula is C19H23BrFIN4O. The van der Waals surface area contributed by atoms with E-state index in [0.717, 1.165) is 17.5 Å². The van der Waals surface area contributed by atoms with Crippen LogP contribution in [0.15, 0.2) is 51.9 Å². The minimum atomic E-state index is -0.289. The van der Waals surface area contributed by atoms with Crippen LogP contribution in [-0.4, -0.2) is 32.5 Å². The lowest BCUT2D eigenvalue weighted by molar-refractivity contribution is 0.0963. The van der Waals surface area contributed by atoms with Gasteiger partial charge in [-0.1, -0.05) is 18.2 Å². The Kier molecular flexibility index (Phi) is 10.3. The molecule has 0 aliphatic carbocycles. The highest BCUT2D eigenvalue weighted by Gasteiger charge is 2.05. The number of carbonyl (C=O) groups excluding carboxylic acids is 1. The number of benzene rings is 2. The molecule has 2 rings (SSSR count). The van der Waals surface area contributed by atoms with E-state index in [1.807, 2.05) is 24.3 Å². The van der Waals surface area contributed by atoms with Gasteiger partial charge in [0.25, 0.3) is 5.91 Å². The molecule has 1 amide bonds. The maximum Gasteiger partial charge on any atom is 0.251 e. The predicted octanol–water partition coefficient (Wildman–Crippen LogP) is 3.47. The van der Waals surface area contributed by atoms with E-state index < -0.39 is 0 Å². The third-order valence-corrected chi connectivity index (χ3v) is 4.43. The van der Waals surface area contributed by atoms with Crippen molar-refractivity contribution >= 4 is 51.8 Å². The molecule has 8 heteroatoms. The van der Waals surface area contributed by atoms with Gasteiger partial charge in [-0.2, -0.15) is 0 Å². The molecule has 2 aromatic rings. The molecule has 5 nitrogen and oxygen atoms in total. The first-order chi connectivity index (χ1) is 12.5. The summed E-state index contributed by atoms with van der Waals surface area (Å²) in [6.45, 7) is 1.13. The standard InChI is InChI=1S/C19H22BrFN4O.HI/c1-22-18(26)15-5-3-4-13(10-15)8-9-24-19(23-2)25-12-14-6-7-16(20)17(21)11-14;/h3-7,10-11H,8-9,12H2,1-2H3,(H,22,26)(H2,23,24,25);1H. The second-order valence-electron chi connectivity index (χ2n) is 5.63. The number of nitrogens with one attached hydrogen (secondary N) is 3. The quantitative estimate of drug-likeness (QED) is 0.294. The summed E-state index contributed by atoms with van der Waals surface area (Å²) < 4.78 is 14.0. The summed E-state index contributed by atoms with van der Waals surface area (Å²) in [7, 11) is 3.30. The van der Waals surface area contributed by atoms with Gasteiger partial charge in [0, 0.05) is 32.7 Å². The van der Waals surface area contributed by atoms with Crippen LogP contribution in [0, 0.1) is 5.82 Å². The van der Waals surface area contributed by atoms with E-state index in [9.17, 15) is 9.18 Å². The van der Waals surface area contributed by atoms with Gasteiger partial charge in [0.15, 0.2) is 5.96 Å². The minimum Gasteiger partial charge on any atom is -0.356 e. The molecule has 0 heterocycles. The average Bonchev–Trinajstić information content (AvgIpc) is 2.66. The molecule has 0 unspecified atom stereocenters. The van der Waals surface area contributed by atoms with Crippen molar-refractivity contribution in [2.45, 2.75) is 13.0 Å². The highest BCUT2D eigenvalue weighted by molar-refractivity contribution is 14.0. The number of aliphatic imine (C=N–C) groups is 1. The lowest BCUT2D eigenvalue weighted by Gasteiger charge is -2.12. The molecule has 146 valence electrons. The molecule has 0 saturated carbocycles. The molecule has 0 fully saturated rings. The molecule has 0 bridgehead atoms. The molecule has 0 spiro atoms. The van der Waals surface area contributed by atoms with Gasteiger partial charge >= 0.3 is 0 Å². The van der Waals surface area contributed by atoms with Crippen LogP contribution < -0.4 is 16.0 Å². The van der Waals surface area contributed by atoms with Crippen molar-refractivity contribution in [1.29, 1.82) is 0 Å². The number of nitrogens with zero attached hydrogens (tertiary/aromatic N) is 1. The molecule has 0 atom stereocenters. The summed E-state index contributed by atoms with van der Waals surface area (Å²) in [6, 6.07) is 12.5. The van der Waals surface area contributed by atoms with Crippen LogP contribution in [-0.2, 0) is 13.0 Å². The number of hydrogen-bond acceptors (Lipinski definition) is 2. The Morgan fingerprint density at radius 1 is 1.15 bits per heavy atom. The topological polar surface area (TPSA) is 65.5 Å². The van der Waals surface area contributed by atoms with Crippen molar-refractivity contribution in [1.82, 2.24) is 16.0 Å². The highest BCUT2D eigenvalue weighted by Crippen LogP contribution is 2.16. The fraction of sp³-hybridized carbons (Fsp3) is 0.263. The van der Waals surface area contributed by atoms with Gasteiger partial charge in [-0.15, -0.1) is 24.0 Å². The first-order valence-electron chi connectivity index (χ1n) is 8.23. The molecule has 0 radical (unpaired) electrons. The second-order valence-corrected chi connectivity index (χ2v) is 6.48. The largest absolute Gasteiger partial charge is 0.356 e. The van der Waals surface area contributed by atoms with Crippen LogP contribution in [0.25, 0.3) is 0 Å². The Morgan fingerprint density at radius 2 is 1.93 bits per heavy atom. The first-order valence-corrected chi connectivity index (χ1v) is 9.02. The van der Waals surface area contributed by atoms with Gasteiger partial charge < -0.3 is 16.0 Å². The molecule has 3 N–H and O–H groups in total. The molecule has 0 saturated heterocycles. The normalized spacial score (nSPS) is 10.7. The van der Waals surface area contributed by atoms with Crippen LogP contribution in [0.5, 0.6) is 0 Å². The van der Waals surface area contributed by atoms with Gasteiger partial charge in [-0.3, -0.25) is 9.79 Å². The van der Waals surface area contributed by atoms with Crippen LogP contribution in [0.1, 0.15) is 21.5 Å². The SMILES string of the molecule is CN=C(NCCc1cccc(C(=O)NC)c1)NCc1ccc(Br)c(F)c1.I. The summed E-state index contributed by atoms with van der Waals surface area (Å²) in [6.07, 6.45) is 0.748. The summed E-state index contributed by atoms with van der Waals surface area (Å²) in [5.74, 6) is 0.248. The summed E-state index contributed by atoms with van der Waals surface area (Å²) in [4.78, 5) is 15.8. The Bertz CT molecular complexity index is 801. The van der Waals surface area contributed by atoms with Crippen LogP contribution in [0.3, 0.4) is 0 Å². The molecule has 27 heavy (non-hydrogen) atoms. The molecular weight excluding hydrogens is 526 g/mol. The van der Waals surface area contributed by atoms with Gasteiger partial charge in [-0.05, 0) is 57.7 Å². The number of hydrogen-bond donors (Lipinski definition) is 3. The Balaban J connectivity index is 0.00000364. The van der Waals surface area contributed by atoms with Crippen molar-refractivity contribution in [3.8, 4) is 0 Å². The summed E-state index contributed by atoms with van der Waals surface area (Å²) >= 11 is 3.14. The Morgan fingerprint density at radius 3 is 2.59 bits per heavy atom. The Labute approximate surface area is 184 Å². The number of halogens is 3. The predicted molar refractivity (Wildman–Crippen MR) is 121 cm³/mol. The monoisotopic (exact) mass is 548 g/mol. The van der Waals surface area contributed by atoms with Crippen LogP contribution >= 0.6 is 39.9 Å². The summed E-state index contributed by atoms with van der Waals surface area (Å²) in [5.41, 5.74) is 2.53. The molecule has 0 aliphatic rings. The first kappa shape index (κ1) is 23.4. The van der Waals surface area contributed by atoms with Crippen molar-refractivity contribution in [2.24, 2.45) is 4.99 Å². The summed E-state index contributed by atoms with van der Waals surface area (Å²) in [5, 5.41) is 8.98. The van der Waals surface area contributed by atoms with Crippen molar-refractivity contribution in [2.75, 3.05) is 20.6 Å². The molecule has 2 aromatic carbocycles. The van der Waals surface area contributed by atoms with Gasteiger partial charge in [-0.25, -0.2) is 4.39 Å².